The molecule has 0 fully saturated rings. The van der Waals surface area contributed by atoms with Gasteiger partial charge in [-0.1, -0.05) is 144 Å². The Morgan fingerprint density at radius 2 is 0.903 bits per heavy atom. The van der Waals surface area contributed by atoms with E-state index in [1.54, 1.807) is 6.07 Å². The van der Waals surface area contributed by atoms with Crippen molar-refractivity contribution in [2.45, 2.75) is 123 Å². The third kappa shape index (κ3) is 5.88. The Morgan fingerprint density at radius 1 is 0.435 bits per heavy atom. The van der Waals surface area contributed by atoms with Crippen molar-refractivity contribution in [3.63, 3.8) is 0 Å². The molecule has 0 radical (unpaired) electrons. The lowest BCUT2D eigenvalue weighted by atomic mass is 9.79. The smallest absolute Gasteiger partial charge is 0.208 e. The summed E-state index contributed by atoms with van der Waals surface area (Å²) in [7, 11) is -3.80. The number of thiophene rings is 1. The molecule has 0 bridgehead atoms. The van der Waals surface area contributed by atoms with E-state index in [0.29, 0.717) is 33.5 Å². The van der Waals surface area contributed by atoms with Crippen molar-refractivity contribution < 1.29 is 8.42 Å². The largest absolute Gasteiger partial charge is 0.218 e. The molecule has 0 unspecified atom stereocenters. The van der Waals surface area contributed by atoms with Crippen LogP contribution in [-0.4, -0.2) is 8.42 Å². The van der Waals surface area contributed by atoms with E-state index in [1.807, 2.05) is 29.5 Å². The van der Waals surface area contributed by atoms with Gasteiger partial charge in [0, 0.05) is 42.8 Å². The van der Waals surface area contributed by atoms with Crippen molar-refractivity contribution in [1.82, 2.24) is 0 Å². The van der Waals surface area contributed by atoms with Crippen LogP contribution in [-0.2, 0) is 9.84 Å². The lowest BCUT2D eigenvalue weighted by Crippen LogP contribution is -2.16. The van der Waals surface area contributed by atoms with Crippen molar-refractivity contribution >= 4 is 63.7 Å². The fourth-order valence-electron chi connectivity index (χ4n) is 10.7. The summed E-state index contributed by atoms with van der Waals surface area (Å²) in [4.78, 5) is 2.20. The molecule has 10 rings (SSSR count). The van der Waals surface area contributed by atoms with Gasteiger partial charge < -0.3 is 0 Å². The predicted octanol–water partition coefficient (Wildman–Crippen LogP) is 14.9. The van der Waals surface area contributed by atoms with E-state index >= 15 is 0 Å². The molecule has 4 heteroatoms. The van der Waals surface area contributed by atoms with E-state index in [4.69, 9.17) is 0 Å². The van der Waals surface area contributed by atoms with Crippen LogP contribution in [0, 0.1) is 0 Å². The van der Waals surface area contributed by atoms with Gasteiger partial charge >= 0.3 is 0 Å². The van der Waals surface area contributed by atoms with Crippen LogP contribution in [0.4, 0.5) is 0 Å². The monoisotopic (exact) mass is 850 g/mol. The molecule has 0 N–H and O–H groups in total. The topological polar surface area (TPSA) is 34.1 Å². The zero-order valence-electron chi connectivity index (χ0n) is 38.3. The maximum Gasteiger partial charge on any atom is 0.208 e. The second-order valence-electron chi connectivity index (χ2n) is 20.0. The molecule has 2 nitrogen and oxygen atoms in total. The number of benzene rings is 6. The molecule has 2 aliphatic carbocycles. The van der Waals surface area contributed by atoms with Crippen molar-refractivity contribution in [3.8, 4) is 10.4 Å². The summed E-state index contributed by atoms with van der Waals surface area (Å²) in [5, 5.41) is 5.77. The zero-order valence-corrected chi connectivity index (χ0v) is 40.0. The minimum absolute atomic E-state index is 0.236. The van der Waals surface area contributed by atoms with E-state index in [2.05, 4.69) is 156 Å². The predicted molar refractivity (Wildman–Crippen MR) is 266 cm³/mol. The molecule has 62 heavy (non-hydrogen) atoms. The maximum atomic E-state index is 15.0. The van der Waals surface area contributed by atoms with Crippen LogP contribution in [0.5, 0.6) is 0 Å². The van der Waals surface area contributed by atoms with Gasteiger partial charge in [-0.2, -0.15) is 0 Å². The highest BCUT2D eigenvalue weighted by Gasteiger charge is 2.43. The molecule has 0 atom stereocenters. The van der Waals surface area contributed by atoms with Crippen LogP contribution < -0.4 is 10.4 Å². The van der Waals surface area contributed by atoms with E-state index in [-0.39, 0.29) is 11.8 Å². The number of fused-ring (bicyclic) bond motifs is 10. The quantitative estimate of drug-likeness (QED) is 0.153. The van der Waals surface area contributed by atoms with Gasteiger partial charge in [0.15, 0.2) is 0 Å². The number of allylic oxidation sites excluding steroid dienone is 1. The lowest BCUT2D eigenvalue weighted by Gasteiger charge is -2.25. The SMILES string of the molecule is CC(C)c1cc(C(C)C)c(C2=c3cc4cc5c(cc4cc3C3=C2c2ccccc2S3(=O)=O)=C(c2c(C(C)C)cc(C(C)C)cc2C(C)C)c2c-5sc3ccccc23)c(C(C)C)c1. The fraction of sp³-hybridized carbons (Fsp3) is 0.310. The summed E-state index contributed by atoms with van der Waals surface area (Å²) in [6.07, 6.45) is 0. The average molecular weight is 851 g/mol. The molecule has 0 spiro atoms. The highest BCUT2D eigenvalue weighted by Crippen LogP contribution is 2.55. The minimum Gasteiger partial charge on any atom is -0.218 e. The first-order valence-electron chi connectivity index (χ1n) is 22.8. The molecule has 1 aromatic heterocycles. The molecule has 2 heterocycles. The van der Waals surface area contributed by atoms with Gasteiger partial charge in [-0.25, -0.2) is 8.42 Å². The minimum atomic E-state index is -3.80. The molecule has 314 valence electrons. The first kappa shape index (κ1) is 41.0. The van der Waals surface area contributed by atoms with Crippen LogP contribution in [0.25, 0.3) is 52.9 Å². The van der Waals surface area contributed by atoms with Gasteiger partial charge in [-0.3, -0.25) is 0 Å². The van der Waals surface area contributed by atoms with Gasteiger partial charge in [0.25, 0.3) is 0 Å². The summed E-state index contributed by atoms with van der Waals surface area (Å²) in [5.74, 6) is 1.91. The van der Waals surface area contributed by atoms with Crippen LogP contribution in [0.1, 0.15) is 180 Å². The Balaban J connectivity index is 1.38. The normalized spacial score (nSPS) is 15.1. The third-order valence-electron chi connectivity index (χ3n) is 13.9. The first-order valence-corrected chi connectivity index (χ1v) is 25.1. The molecule has 0 saturated carbocycles. The average Bonchev–Trinajstić information content (AvgIpc) is 3.93. The fourth-order valence-corrected chi connectivity index (χ4v) is 13.8. The lowest BCUT2D eigenvalue weighted by molar-refractivity contribution is 0.606. The van der Waals surface area contributed by atoms with E-state index < -0.39 is 9.84 Å². The molecule has 7 aromatic rings. The molecule has 0 amide bonds. The summed E-state index contributed by atoms with van der Waals surface area (Å²) >= 11 is 1.90. The molecular weight excluding hydrogens is 793 g/mol. The van der Waals surface area contributed by atoms with Gasteiger partial charge in [0.2, 0.25) is 9.84 Å². The molecular formula is C58H58O2S2. The van der Waals surface area contributed by atoms with E-state index in [0.717, 1.165) is 38.3 Å². The molecule has 0 saturated heterocycles. The van der Waals surface area contributed by atoms with Crippen LogP contribution in [0.2, 0.25) is 0 Å². The Hall–Kier alpha value is -5.03. The van der Waals surface area contributed by atoms with Gasteiger partial charge in [-0.15, -0.1) is 11.3 Å². The van der Waals surface area contributed by atoms with Gasteiger partial charge in [0.05, 0.1) is 9.80 Å². The number of sulfone groups is 1. The Kier molecular flexibility index (Phi) is 9.60. The van der Waals surface area contributed by atoms with E-state index in [1.165, 1.54) is 81.4 Å². The Bertz CT molecular complexity index is 3300. The maximum absolute atomic E-state index is 15.0. The van der Waals surface area contributed by atoms with Crippen LogP contribution in [0.15, 0.2) is 102 Å². The molecule has 1 aliphatic heterocycles. The Morgan fingerprint density at radius 3 is 1.44 bits per heavy atom. The molecule has 3 aliphatic rings. The second kappa shape index (κ2) is 14.5. The summed E-state index contributed by atoms with van der Waals surface area (Å²) in [6, 6.07) is 35.7. The summed E-state index contributed by atoms with van der Waals surface area (Å²) in [5.41, 5.74) is 18.1. The number of hydrogen-bond acceptors (Lipinski definition) is 3. The Labute approximate surface area is 372 Å². The second-order valence-corrected chi connectivity index (χ2v) is 22.9. The highest BCUT2D eigenvalue weighted by atomic mass is 32.2. The van der Waals surface area contributed by atoms with Gasteiger partial charge in [0.1, 0.15) is 0 Å². The van der Waals surface area contributed by atoms with Crippen molar-refractivity contribution in [3.05, 3.63) is 169 Å². The summed E-state index contributed by atoms with van der Waals surface area (Å²) in [6.45, 7) is 27.6. The van der Waals surface area contributed by atoms with Crippen LogP contribution in [0.3, 0.4) is 0 Å². The van der Waals surface area contributed by atoms with Gasteiger partial charge in [-0.05, 0) is 149 Å². The van der Waals surface area contributed by atoms with Crippen molar-refractivity contribution in [2.75, 3.05) is 0 Å². The summed E-state index contributed by atoms with van der Waals surface area (Å²) < 4.78 is 31.3. The third-order valence-corrected chi connectivity index (χ3v) is 17.0. The number of hydrogen-bond donors (Lipinski definition) is 0. The number of rotatable bonds is 8. The van der Waals surface area contributed by atoms with Crippen molar-refractivity contribution in [2.24, 2.45) is 0 Å². The zero-order chi connectivity index (χ0) is 43.8. The molecule has 6 aromatic carbocycles. The van der Waals surface area contributed by atoms with Crippen LogP contribution >= 0.6 is 11.3 Å². The first-order chi connectivity index (χ1) is 29.5. The van der Waals surface area contributed by atoms with Crippen molar-refractivity contribution in [1.29, 1.82) is 0 Å². The standard InChI is InChI=1S/C58H58O2S2/c1-29(2)35-21-41(31(5)6)51(42(22-35)32(7)8)53-45-25-38-28-48-46(26-37(38)27-47(45)57-55(53)39-17-13-15-19-49(39)61-57)54(56-40-18-14-16-20-50(40)62(59,60)58(48)56)52-43(33(9)10)23-36(30(3)4)24-44(52)34(11)12/h13-34H,1-12H3. The highest BCUT2D eigenvalue weighted by molar-refractivity contribution is 8.01. The van der Waals surface area contributed by atoms with E-state index in [9.17, 15) is 8.42 Å².